The smallest absolute Gasteiger partial charge is 1.00 e. The number of fused-ring (bicyclic) bond motifs is 3. The third-order valence-corrected chi connectivity index (χ3v) is 6.64. The Morgan fingerprint density at radius 3 is 1.24 bits per heavy atom. The molecule has 6 aromatic carbocycles. The van der Waals surface area contributed by atoms with Crippen molar-refractivity contribution in [1.82, 2.24) is 0 Å². The van der Waals surface area contributed by atoms with Crippen molar-refractivity contribution in [2.24, 2.45) is 0 Å². The second-order valence-corrected chi connectivity index (χ2v) is 9.28. The van der Waals surface area contributed by atoms with Crippen LogP contribution >= 0.6 is 0 Å². The van der Waals surface area contributed by atoms with Crippen molar-refractivity contribution in [2.75, 3.05) is 0 Å². The minimum absolute atomic E-state index is 0. The molecule has 6 heteroatoms. The second-order valence-electron chi connectivity index (χ2n) is 7.87. The minimum Gasteiger partial charge on any atom is -1.00 e. The molecule has 0 aliphatic rings. The second kappa shape index (κ2) is 17.6. The van der Waals surface area contributed by atoms with Crippen LogP contribution in [0, 0.1) is 0 Å². The molecular formula is C32H25Cl2NOSiZr. The van der Waals surface area contributed by atoms with Gasteiger partial charge in [0.25, 0.3) is 0 Å². The van der Waals surface area contributed by atoms with Crippen molar-refractivity contribution in [3.8, 4) is 0 Å². The zero-order valence-electron chi connectivity index (χ0n) is 20.5. The number of hydrogen-bond donors (Lipinski definition) is 0. The molecule has 186 valence electrons. The van der Waals surface area contributed by atoms with E-state index in [0.717, 1.165) is 9.52 Å². The van der Waals surface area contributed by atoms with Crippen LogP contribution in [-0.2, 0) is 26.2 Å². The van der Waals surface area contributed by atoms with Crippen LogP contribution in [0.5, 0.6) is 0 Å². The van der Waals surface area contributed by atoms with E-state index < -0.39 is 5.91 Å². The molecule has 0 spiro atoms. The third-order valence-electron chi connectivity index (χ3n) is 5.39. The third kappa shape index (κ3) is 9.78. The first kappa shape index (κ1) is 33.1. The molecule has 0 aromatic heterocycles. The van der Waals surface area contributed by atoms with E-state index in [9.17, 15) is 4.79 Å². The fourth-order valence-corrected chi connectivity index (χ4v) is 4.75. The summed E-state index contributed by atoms with van der Waals surface area (Å²) in [5, 5.41) is 8.19. The van der Waals surface area contributed by atoms with E-state index in [1.165, 1.54) is 31.9 Å². The molecule has 0 aliphatic carbocycles. The van der Waals surface area contributed by atoms with Gasteiger partial charge in [-0.3, -0.25) is 0 Å². The van der Waals surface area contributed by atoms with Crippen LogP contribution in [-0.4, -0.2) is 15.4 Å². The zero-order chi connectivity index (χ0) is 24.3. The number of halogens is 2. The topological polar surface area (TPSA) is 40.9 Å². The number of nitrogens with one attached hydrogen (secondary N) is 1. The van der Waals surface area contributed by atoms with Crippen molar-refractivity contribution < 1.29 is 55.8 Å². The summed E-state index contributed by atoms with van der Waals surface area (Å²) in [7, 11) is 0.777. The fraction of sp³-hybridized carbons (Fsp3) is 0. The molecule has 1 N–H and O–H groups in total. The zero-order valence-corrected chi connectivity index (χ0v) is 25.5. The fourth-order valence-electron chi connectivity index (χ4n) is 3.70. The van der Waals surface area contributed by atoms with Crippen molar-refractivity contribution >= 4 is 47.3 Å². The molecule has 38 heavy (non-hydrogen) atoms. The Morgan fingerprint density at radius 2 is 0.868 bits per heavy atom. The molecule has 2 radical (unpaired) electrons. The van der Waals surface area contributed by atoms with Crippen LogP contribution in [0.15, 0.2) is 146 Å². The van der Waals surface area contributed by atoms with Gasteiger partial charge in [-0.1, -0.05) is 138 Å². The predicted molar refractivity (Wildman–Crippen MR) is 150 cm³/mol. The Labute approximate surface area is 258 Å². The van der Waals surface area contributed by atoms with Crippen molar-refractivity contribution in [3.05, 3.63) is 157 Å². The summed E-state index contributed by atoms with van der Waals surface area (Å²) in [6.45, 7) is 0. The van der Waals surface area contributed by atoms with Gasteiger partial charge in [-0.15, -0.1) is 39.7 Å². The van der Waals surface area contributed by atoms with Gasteiger partial charge in [0.15, 0.2) is 0 Å². The summed E-state index contributed by atoms with van der Waals surface area (Å²) >= 11 is 0. The minimum atomic E-state index is -0.629. The van der Waals surface area contributed by atoms with Crippen LogP contribution in [0.4, 0.5) is 0 Å². The van der Waals surface area contributed by atoms with Gasteiger partial charge >= 0.3 is 26.2 Å². The molecule has 6 aromatic rings. The molecule has 0 bridgehead atoms. The van der Waals surface area contributed by atoms with Crippen molar-refractivity contribution in [2.45, 2.75) is 0 Å². The van der Waals surface area contributed by atoms with Crippen LogP contribution in [0.2, 0.25) is 0 Å². The summed E-state index contributed by atoms with van der Waals surface area (Å²) in [6.07, 6.45) is 0. The summed E-state index contributed by atoms with van der Waals surface area (Å²) in [4.78, 5) is 10.3. The van der Waals surface area contributed by atoms with Crippen LogP contribution in [0.3, 0.4) is 0 Å². The maximum absolute atomic E-state index is 10.3. The normalized spacial score (nSPS) is 9.26. The molecule has 0 heterocycles. The molecule has 0 aliphatic heterocycles. The first-order valence-corrected chi connectivity index (χ1v) is 12.4. The average molecular weight is 630 g/mol. The van der Waals surface area contributed by atoms with Gasteiger partial charge in [0.1, 0.15) is 9.52 Å². The Hall–Kier alpha value is -2.88. The van der Waals surface area contributed by atoms with Crippen LogP contribution in [0.1, 0.15) is 10.4 Å². The number of carbonyl (C=O) groups is 1. The van der Waals surface area contributed by atoms with E-state index in [-0.39, 0.29) is 51.0 Å². The molecule has 0 saturated heterocycles. The predicted octanol–water partition coefficient (Wildman–Crippen LogP) is 0.938. The van der Waals surface area contributed by atoms with E-state index in [2.05, 4.69) is 115 Å². The van der Waals surface area contributed by atoms with Gasteiger partial charge in [0.2, 0.25) is 0 Å². The monoisotopic (exact) mass is 627 g/mol. The summed E-state index contributed by atoms with van der Waals surface area (Å²) < 4.78 is 0. The van der Waals surface area contributed by atoms with Gasteiger partial charge in [0, 0.05) is 0 Å². The standard InChI is InChI=1S/C13H9.C12H10Si.C7H7NO.2ClH.Zr/c1-3-7-12-10(5-1)9-11-6-2-4-8-13(11)12;1-3-7-11(8-4-1)13-12-9-5-2-6-10-12;8-7(9)6-4-2-1-3-5-6;;;/h1-9H;1-10H;1-5H,(H2,8,9);2*1H;/q-1;;;;;+4/p-3. The quantitative estimate of drug-likeness (QED) is 0.212. The van der Waals surface area contributed by atoms with Gasteiger partial charge in [-0.2, -0.15) is 0 Å². The van der Waals surface area contributed by atoms with E-state index >= 15 is 0 Å². The van der Waals surface area contributed by atoms with Gasteiger partial charge < -0.3 is 35.3 Å². The number of rotatable bonds is 3. The van der Waals surface area contributed by atoms with E-state index in [0.29, 0.717) is 5.56 Å². The average Bonchev–Trinajstić information content (AvgIpc) is 3.30. The largest absolute Gasteiger partial charge is 4.00 e. The Morgan fingerprint density at radius 1 is 0.526 bits per heavy atom. The van der Waals surface area contributed by atoms with Crippen molar-refractivity contribution in [3.63, 3.8) is 0 Å². The summed E-state index contributed by atoms with van der Waals surface area (Å²) in [5.41, 5.74) is 7.12. The Kier molecular flexibility index (Phi) is 15.3. The van der Waals surface area contributed by atoms with Crippen molar-refractivity contribution in [1.29, 1.82) is 0 Å². The van der Waals surface area contributed by atoms with E-state index in [1.807, 2.05) is 6.07 Å². The van der Waals surface area contributed by atoms with Gasteiger partial charge in [-0.05, 0) is 5.56 Å². The molecule has 0 atom stereocenters. The summed E-state index contributed by atoms with van der Waals surface area (Å²) in [6, 6.07) is 49.0. The van der Waals surface area contributed by atoms with Crippen LogP contribution < -0.4 is 35.2 Å². The maximum atomic E-state index is 10.3. The number of benzene rings is 5. The number of carbonyl (C=O) groups excluding carboxylic acids is 1. The molecule has 0 fully saturated rings. The van der Waals surface area contributed by atoms with E-state index in [4.69, 9.17) is 5.73 Å². The van der Waals surface area contributed by atoms with Crippen LogP contribution in [0.25, 0.3) is 27.3 Å². The number of amides is 1. The Balaban J connectivity index is 0.000000279. The first-order chi connectivity index (χ1) is 17.2. The van der Waals surface area contributed by atoms with Gasteiger partial charge in [-0.25, -0.2) is 0 Å². The SMILES string of the molecule is [Cl-].[Cl-].[NH-]C(=O)c1ccccc1.[Zr+4].c1ccc([Si]c2ccccc2)cc1.c1ccc2c(c1)[cH-]c1ccccc12. The Bertz CT molecular complexity index is 1410. The molecule has 0 unspecified atom stereocenters. The molecule has 1 amide bonds. The van der Waals surface area contributed by atoms with E-state index in [1.54, 1.807) is 24.3 Å². The summed E-state index contributed by atoms with van der Waals surface area (Å²) in [5.74, 6) is -0.629. The molecule has 2 nitrogen and oxygen atoms in total. The molecule has 0 saturated carbocycles. The molecular weight excluding hydrogens is 605 g/mol. The maximum Gasteiger partial charge on any atom is 4.00 e. The van der Waals surface area contributed by atoms with Gasteiger partial charge in [0.05, 0.1) is 5.91 Å². The molecule has 6 rings (SSSR count). The first-order valence-electron chi connectivity index (χ1n) is 11.4. The number of hydrogen-bond acceptors (Lipinski definition) is 1.